The van der Waals surface area contributed by atoms with Gasteiger partial charge in [0.05, 0.1) is 20.6 Å². The van der Waals surface area contributed by atoms with Gasteiger partial charge in [0.2, 0.25) is 10.0 Å². The van der Waals surface area contributed by atoms with Gasteiger partial charge in [-0.1, -0.05) is 23.2 Å². The first-order valence-corrected chi connectivity index (χ1v) is 8.50. The van der Waals surface area contributed by atoms with Crippen LogP contribution in [0.2, 0.25) is 10.0 Å². The molecule has 0 unspecified atom stereocenters. The highest BCUT2D eigenvalue weighted by Gasteiger charge is 2.17. The lowest BCUT2D eigenvalue weighted by Crippen LogP contribution is -2.23. The third kappa shape index (κ3) is 6.32. The Bertz CT molecular complexity index is 684. The monoisotopic (exact) mass is 384 g/mol. The Hall–Kier alpha value is -1.39. The molecule has 0 aliphatic heterocycles. The van der Waals surface area contributed by atoms with Gasteiger partial charge in [0.15, 0.2) is 6.61 Å². The van der Waals surface area contributed by atoms with Crippen LogP contribution in [-0.2, 0) is 29.1 Å². The molecular formula is C12H14Cl2N2O6S. The number of hydrogen-bond donors (Lipinski definition) is 2. The number of hydrogen-bond acceptors (Lipinski definition) is 6. The van der Waals surface area contributed by atoms with Crippen molar-refractivity contribution in [3.63, 3.8) is 0 Å². The number of ether oxygens (including phenoxy) is 2. The average Bonchev–Trinajstić information content (AvgIpc) is 2.45. The second-order valence-corrected chi connectivity index (χ2v) is 6.53. The van der Waals surface area contributed by atoms with Gasteiger partial charge in [-0.05, 0) is 19.1 Å². The van der Waals surface area contributed by atoms with Gasteiger partial charge in [-0.2, -0.15) is 0 Å². The van der Waals surface area contributed by atoms with Gasteiger partial charge in [0.25, 0.3) is 5.91 Å². The predicted molar refractivity (Wildman–Crippen MR) is 83.9 cm³/mol. The molecule has 0 aromatic heterocycles. The van der Waals surface area contributed by atoms with Gasteiger partial charge in [-0.15, -0.1) is 0 Å². The van der Waals surface area contributed by atoms with Crippen LogP contribution in [-0.4, -0.2) is 40.1 Å². The molecule has 3 N–H and O–H groups in total. The van der Waals surface area contributed by atoms with Crippen molar-refractivity contribution in [2.45, 2.75) is 11.8 Å². The van der Waals surface area contributed by atoms with Crippen LogP contribution in [0.5, 0.6) is 0 Å². The molecule has 0 aliphatic carbocycles. The second kappa shape index (κ2) is 8.46. The first-order valence-electron chi connectivity index (χ1n) is 6.20. The standard InChI is InChI=1S/C12H14Cl2N2O6S/c1-2-21-6-11(18)22-5-10(17)16-12-8(13)3-7(4-9(12)14)23(15,19)20/h3-4H,2,5-6H2,1H3,(H,16,17)(H2,15,19,20). The molecular weight excluding hydrogens is 371 g/mol. The van der Waals surface area contributed by atoms with Gasteiger partial charge < -0.3 is 14.8 Å². The van der Waals surface area contributed by atoms with E-state index >= 15 is 0 Å². The molecule has 0 spiro atoms. The van der Waals surface area contributed by atoms with Crippen molar-refractivity contribution in [2.24, 2.45) is 5.14 Å². The highest BCUT2D eigenvalue weighted by atomic mass is 35.5. The average molecular weight is 385 g/mol. The summed E-state index contributed by atoms with van der Waals surface area (Å²) in [5.74, 6) is -1.41. The molecule has 0 heterocycles. The number of nitrogens with one attached hydrogen (secondary N) is 1. The molecule has 0 radical (unpaired) electrons. The molecule has 0 aliphatic rings. The van der Waals surface area contributed by atoms with Crippen LogP contribution >= 0.6 is 23.2 Å². The first kappa shape index (κ1) is 19.7. The summed E-state index contributed by atoms with van der Waals surface area (Å²) in [5.41, 5.74) is -0.0217. The number of halogens is 2. The van der Waals surface area contributed by atoms with E-state index in [0.717, 1.165) is 12.1 Å². The van der Waals surface area contributed by atoms with Crippen LogP contribution in [0, 0.1) is 0 Å². The van der Waals surface area contributed by atoms with Gasteiger partial charge in [0.1, 0.15) is 6.61 Å². The molecule has 23 heavy (non-hydrogen) atoms. The highest BCUT2D eigenvalue weighted by molar-refractivity contribution is 7.89. The fourth-order valence-corrected chi connectivity index (χ4v) is 2.66. The van der Waals surface area contributed by atoms with Crippen LogP contribution in [0.1, 0.15) is 6.92 Å². The number of sulfonamides is 1. The molecule has 128 valence electrons. The van der Waals surface area contributed by atoms with E-state index in [0.29, 0.717) is 6.61 Å². The number of benzene rings is 1. The zero-order valence-corrected chi connectivity index (χ0v) is 14.3. The maximum atomic E-state index is 11.7. The van der Waals surface area contributed by atoms with E-state index in [-0.39, 0.29) is 27.2 Å². The Kier molecular flexibility index (Phi) is 7.23. The van der Waals surface area contributed by atoms with Gasteiger partial charge in [-0.3, -0.25) is 4.79 Å². The molecule has 0 bridgehead atoms. The van der Waals surface area contributed by atoms with E-state index in [4.69, 9.17) is 33.1 Å². The third-order valence-corrected chi connectivity index (χ3v) is 3.89. The van der Waals surface area contributed by atoms with Crippen molar-refractivity contribution in [1.82, 2.24) is 0 Å². The summed E-state index contributed by atoms with van der Waals surface area (Å²) in [6.45, 7) is 1.20. The number of rotatable bonds is 7. The molecule has 0 atom stereocenters. The van der Waals surface area contributed by atoms with Gasteiger partial charge in [-0.25, -0.2) is 18.4 Å². The molecule has 1 amide bonds. The molecule has 0 saturated heterocycles. The number of esters is 1. The summed E-state index contributed by atoms with van der Waals surface area (Å²) < 4.78 is 31.9. The number of nitrogens with two attached hydrogens (primary N) is 1. The Labute approximate surface area is 142 Å². The summed E-state index contributed by atoms with van der Waals surface area (Å²) in [5, 5.41) is 7.02. The second-order valence-electron chi connectivity index (χ2n) is 4.15. The normalized spacial score (nSPS) is 11.1. The van der Waals surface area contributed by atoms with Gasteiger partial charge >= 0.3 is 5.97 Å². The van der Waals surface area contributed by atoms with Crippen molar-refractivity contribution in [3.05, 3.63) is 22.2 Å². The van der Waals surface area contributed by atoms with Crippen molar-refractivity contribution in [1.29, 1.82) is 0 Å². The summed E-state index contributed by atoms with van der Waals surface area (Å²) in [4.78, 5) is 22.6. The number of carbonyl (C=O) groups excluding carboxylic acids is 2. The summed E-state index contributed by atoms with van der Waals surface area (Å²) >= 11 is 11.7. The fraction of sp³-hybridized carbons (Fsp3) is 0.333. The summed E-state index contributed by atoms with van der Waals surface area (Å²) in [6.07, 6.45) is 0. The number of amides is 1. The van der Waals surface area contributed by atoms with Crippen LogP contribution < -0.4 is 10.5 Å². The number of anilines is 1. The van der Waals surface area contributed by atoms with E-state index < -0.39 is 28.5 Å². The van der Waals surface area contributed by atoms with E-state index in [1.54, 1.807) is 6.92 Å². The minimum atomic E-state index is -3.99. The van der Waals surface area contributed by atoms with Gasteiger partial charge in [0, 0.05) is 6.61 Å². The fourth-order valence-electron chi connectivity index (χ4n) is 1.38. The van der Waals surface area contributed by atoms with Crippen LogP contribution in [0.15, 0.2) is 17.0 Å². The van der Waals surface area contributed by atoms with Crippen molar-refractivity contribution in [3.8, 4) is 0 Å². The van der Waals surface area contributed by atoms with E-state index in [2.05, 4.69) is 10.1 Å². The summed E-state index contributed by atoms with van der Waals surface area (Å²) in [6, 6.07) is 2.08. The Balaban J connectivity index is 2.74. The smallest absolute Gasteiger partial charge is 0.332 e. The SMILES string of the molecule is CCOCC(=O)OCC(=O)Nc1c(Cl)cc(S(N)(=O)=O)cc1Cl. The van der Waals surface area contributed by atoms with Crippen LogP contribution in [0.3, 0.4) is 0 Å². The molecule has 11 heteroatoms. The highest BCUT2D eigenvalue weighted by Crippen LogP contribution is 2.33. The zero-order chi connectivity index (χ0) is 17.6. The minimum absolute atomic E-state index is 0.0217. The van der Waals surface area contributed by atoms with Crippen molar-refractivity contribution in [2.75, 3.05) is 25.1 Å². The lowest BCUT2D eigenvalue weighted by molar-refractivity contribution is -0.151. The quantitative estimate of drug-likeness (QED) is 0.679. The van der Waals surface area contributed by atoms with Crippen molar-refractivity contribution < 1.29 is 27.5 Å². The molecule has 1 aromatic rings. The topological polar surface area (TPSA) is 125 Å². The number of primary sulfonamides is 1. The lowest BCUT2D eigenvalue weighted by Gasteiger charge is -2.11. The maximum Gasteiger partial charge on any atom is 0.332 e. The summed E-state index contributed by atoms with van der Waals surface area (Å²) in [7, 11) is -3.99. The third-order valence-electron chi connectivity index (χ3n) is 2.40. The first-order chi connectivity index (χ1) is 10.6. The maximum absolute atomic E-state index is 11.7. The Morgan fingerprint density at radius 2 is 1.78 bits per heavy atom. The van der Waals surface area contributed by atoms with E-state index in [1.807, 2.05) is 0 Å². The Morgan fingerprint density at radius 1 is 1.22 bits per heavy atom. The van der Waals surface area contributed by atoms with E-state index in [1.165, 1.54) is 0 Å². The predicted octanol–water partition coefficient (Wildman–Crippen LogP) is 1.16. The zero-order valence-electron chi connectivity index (χ0n) is 12.0. The molecule has 1 rings (SSSR count). The molecule has 0 fully saturated rings. The largest absolute Gasteiger partial charge is 0.454 e. The van der Waals surface area contributed by atoms with Crippen molar-refractivity contribution >= 4 is 50.8 Å². The minimum Gasteiger partial charge on any atom is -0.454 e. The molecule has 0 saturated carbocycles. The van der Waals surface area contributed by atoms with E-state index in [9.17, 15) is 18.0 Å². The van der Waals surface area contributed by atoms with Crippen LogP contribution in [0.25, 0.3) is 0 Å². The molecule has 8 nitrogen and oxygen atoms in total. The van der Waals surface area contributed by atoms with Crippen LogP contribution in [0.4, 0.5) is 5.69 Å². The molecule has 1 aromatic carbocycles. The lowest BCUT2D eigenvalue weighted by atomic mass is 10.3. The Morgan fingerprint density at radius 3 is 2.26 bits per heavy atom. The number of carbonyl (C=O) groups is 2.